The molecule has 8 heavy (non-hydrogen) atoms. The van der Waals surface area contributed by atoms with Gasteiger partial charge in [0.15, 0.2) is 0 Å². The maximum Gasteiger partial charge on any atom is 1.00 e. The van der Waals surface area contributed by atoms with Gasteiger partial charge in [-0.3, -0.25) is 0 Å². The van der Waals surface area contributed by atoms with Gasteiger partial charge in [0.2, 0.25) is 0 Å². The largest absolute Gasteiger partial charge is 1.00 e. The zero-order chi connectivity index (χ0) is 6.08. The maximum absolute atomic E-state index is 10.8. The molecule has 0 spiro atoms. The van der Waals surface area contributed by atoms with Crippen LogP contribution in [-0.4, -0.2) is 14.2 Å². The van der Waals surface area contributed by atoms with Gasteiger partial charge >= 0.3 is 35.3 Å². The van der Waals surface area contributed by atoms with Crippen molar-refractivity contribution in [1.82, 2.24) is 0 Å². The SMILES string of the molecule is NS(=O)(=O)C(F)F.[H-].[Na+]. The minimum absolute atomic E-state index is 0. The van der Waals surface area contributed by atoms with Gasteiger partial charge in [-0.15, -0.1) is 0 Å². The van der Waals surface area contributed by atoms with E-state index in [2.05, 4.69) is 5.14 Å². The molecule has 0 aliphatic heterocycles. The van der Waals surface area contributed by atoms with Crippen molar-refractivity contribution < 1.29 is 48.2 Å². The van der Waals surface area contributed by atoms with Crippen LogP contribution in [0.2, 0.25) is 0 Å². The predicted octanol–water partition coefficient (Wildman–Crippen LogP) is -3.39. The predicted molar refractivity (Wildman–Crippen MR) is 20.2 cm³/mol. The number of hydrogen-bond acceptors (Lipinski definition) is 2. The van der Waals surface area contributed by atoms with E-state index in [4.69, 9.17) is 0 Å². The van der Waals surface area contributed by atoms with Crippen molar-refractivity contribution >= 4 is 10.0 Å². The summed E-state index contributed by atoms with van der Waals surface area (Å²) in [5.41, 5.74) is 0. The van der Waals surface area contributed by atoms with Crippen LogP contribution in [-0.2, 0) is 10.0 Å². The Hall–Kier alpha value is 0.770. The third-order valence-electron chi connectivity index (χ3n) is 0.248. The summed E-state index contributed by atoms with van der Waals surface area (Å²) in [6.07, 6.45) is 0. The van der Waals surface area contributed by atoms with Crippen molar-refractivity contribution in [2.75, 3.05) is 0 Å². The van der Waals surface area contributed by atoms with Crippen LogP contribution < -0.4 is 34.7 Å². The molecular formula is CH4F2NNaO2S. The van der Waals surface area contributed by atoms with Crippen molar-refractivity contribution in [2.45, 2.75) is 5.76 Å². The molecule has 2 N–H and O–H groups in total. The maximum atomic E-state index is 10.8. The monoisotopic (exact) mass is 155 g/mol. The average molecular weight is 155 g/mol. The second-order valence-corrected chi connectivity index (χ2v) is 2.38. The summed E-state index contributed by atoms with van der Waals surface area (Å²) in [4.78, 5) is 0. The first-order valence-electron chi connectivity index (χ1n) is 1.24. The number of nitrogens with two attached hydrogens (primary N) is 1. The summed E-state index contributed by atoms with van der Waals surface area (Å²) in [6, 6.07) is 0. The van der Waals surface area contributed by atoms with Crippen LogP contribution in [0.5, 0.6) is 0 Å². The molecule has 0 atom stereocenters. The number of primary sulfonamides is 1. The van der Waals surface area contributed by atoms with Crippen molar-refractivity contribution in [3.8, 4) is 0 Å². The van der Waals surface area contributed by atoms with Crippen LogP contribution in [0, 0.1) is 0 Å². The standard InChI is InChI=1S/CH3F2NO2S.Na.H/c2-1(3)7(4,5)6;;/h1H,(H2,4,5,6);;/q;+1;-1. The fourth-order valence-electron chi connectivity index (χ4n) is 0. The van der Waals surface area contributed by atoms with E-state index in [1.165, 1.54) is 0 Å². The van der Waals surface area contributed by atoms with Crippen molar-refractivity contribution in [3.63, 3.8) is 0 Å². The third kappa shape index (κ3) is 4.92. The molecule has 0 aromatic heterocycles. The first-order valence-corrected chi connectivity index (χ1v) is 2.85. The van der Waals surface area contributed by atoms with E-state index in [0.717, 1.165) is 0 Å². The fraction of sp³-hybridized carbons (Fsp3) is 1.00. The number of alkyl halides is 2. The molecule has 46 valence electrons. The molecule has 0 bridgehead atoms. The number of hydrogen-bond donors (Lipinski definition) is 1. The zero-order valence-electron chi connectivity index (χ0n) is 5.14. The average Bonchev–Trinajstić information content (AvgIpc) is 1.31. The summed E-state index contributed by atoms with van der Waals surface area (Å²) in [5.74, 6) is -3.45. The van der Waals surface area contributed by atoms with E-state index >= 15 is 0 Å². The van der Waals surface area contributed by atoms with Crippen LogP contribution >= 0.6 is 0 Å². The van der Waals surface area contributed by atoms with Gasteiger partial charge in [0, 0.05) is 0 Å². The van der Waals surface area contributed by atoms with Gasteiger partial charge in [-0.1, -0.05) is 0 Å². The van der Waals surface area contributed by atoms with Crippen LogP contribution in [0.25, 0.3) is 0 Å². The Balaban J connectivity index is -0.000000180. The molecule has 0 radical (unpaired) electrons. The summed E-state index contributed by atoms with van der Waals surface area (Å²) in [5, 5.41) is 3.90. The normalized spacial score (nSPS) is 11.0. The van der Waals surface area contributed by atoms with Gasteiger partial charge in [0.1, 0.15) is 0 Å². The molecule has 0 fully saturated rings. The number of rotatable bonds is 1. The summed E-state index contributed by atoms with van der Waals surface area (Å²) >= 11 is 0. The molecule has 0 aliphatic carbocycles. The Bertz CT molecular complexity index is 147. The van der Waals surface area contributed by atoms with Crippen LogP contribution in [0.4, 0.5) is 8.78 Å². The molecule has 7 heteroatoms. The Kier molecular flexibility index (Phi) is 5.39. The molecule has 3 nitrogen and oxygen atoms in total. The topological polar surface area (TPSA) is 60.2 Å². The van der Waals surface area contributed by atoms with E-state index in [1.807, 2.05) is 0 Å². The molecular weight excluding hydrogens is 151 g/mol. The molecule has 0 aromatic rings. The van der Waals surface area contributed by atoms with Crippen LogP contribution in [0.1, 0.15) is 1.43 Å². The summed E-state index contributed by atoms with van der Waals surface area (Å²) in [7, 11) is -4.57. The van der Waals surface area contributed by atoms with Gasteiger partial charge in [-0.25, -0.2) is 13.6 Å². The van der Waals surface area contributed by atoms with E-state index < -0.39 is 15.8 Å². The van der Waals surface area contributed by atoms with Crippen molar-refractivity contribution in [2.24, 2.45) is 5.14 Å². The molecule has 0 aliphatic rings. The van der Waals surface area contributed by atoms with E-state index in [9.17, 15) is 17.2 Å². The molecule has 0 aromatic carbocycles. The van der Waals surface area contributed by atoms with Crippen LogP contribution in [0.15, 0.2) is 0 Å². The minimum Gasteiger partial charge on any atom is -1.00 e. The summed E-state index contributed by atoms with van der Waals surface area (Å²) in [6.45, 7) is 0. The van der Waals surface area contributed by atoms with Gasteiger partial charge in [0.25, 0.3) is 10.0 Å². The second kappa shape index (κ2) is 3.73. The molecule has 0 amide bonds. The molecule has 0 unspecified atom stereocenters. The quantitative estimate of drug-likeness (QED) is 0.401. The molecule has 0 rings (SSSR count). The minimum atomic E-state index is -4.57. The molecule has 0 heterocycles. The van der Waals surface area contributed by atoms with E-state index in [1.54, 1.807) is 0 Å². The Morgan fingerprint density at radius 3 is 1.62 bits per heavy atom. The first kappa shape index (κ1) is 11.6. The Morgan fingerprint density at radius 2 is 1.62 bits per heavy atom. The van der Waals surface area contributed by atoms with Gasteiger partial charge in [-0.2, -0.15) is 8.78 Å². The fourth-order valence-corrected chi connectivity index (χ4v) is 0. The van der Waals surface area contributed by atoms with Crippen molar-refractivity contribution in [1.29, 1.82) is 0 Å². The first-order chi connectivity index (χ1) is 2.94. The molecule has 0 saturated heterocycles. The van der Waals surface area contributed by atoms with Crippen molar-refractivity contribution in [3.05, 3.63) is 0 Å². The van der Waals surface area contributed by atoms with E-state index in [-0.39, 0.29) is 31.0 Å². The van der Waals surface area contributed by atoms with E-state index in [0.29, 0.717) is 0 Å². The Morgan fingerprint density at radius 1 is 1.50 bits per heavy atom. The van der Waals surface area contributed by atoms with Gasteiger partial charge in [-0.05, 0) is 0 Å². The second-order valence-electron chi connectivity index (χ2n) is 0.850. The van der Waals surface area contributed by atoms with Crippen LogP contribution in [0.3, 0.4) is 0 Å². The smallest absolute Gasteiger partial charge is 1.00 e. The molecule has 0 saturated carbocycles. The number of sulfonamides is 1. The third-order valence-corrected chi connectivity index (χ3v) is 0.745. The number of halogens is 2. The van der Waals surface area contributed by atoms with Gasteiger partial charge < -0.3 is 1.43 Å². The summed E-state index contributed by atoms with van der Waals surface area (Å²) < 4.78 is 40.4. The van der Waals surface area contributed by atoms with Gasteiger partial charge in [0.05, 0.1) is 0 Å². The zero-order valence-corrected chi connectivity index (χ0v) is 6.95. The Labute approximate surface area is 69.1 Å².